The van der Waals surface area contributed by atoms with Crippen LogP contribution in [0.3, 0.4) is 0 Å². The van der Waals surface area contributed by atoms with E-state index < -0.39 is 0 Å². The van der Waals surface area contributed by atoms with Crippen molar-refractivity contribution in [2.45, 2.75) is 50.2 Å². The predicted octanol–water partition coefficient (Wildman–Crippen LogP) is 3.78. The number of hydrogen-bond donors (Lipinski definition) is 1. The molecule has 4 heteroatoms. The molecule has 0 bridgehead atoms. The number of hydrogen-bond acceptors (Lipinski definition) is 4. The molecule has 2 aromatic rings. The van der Waals surface area contributed by atoms with Crippen LogP contribution in [0.4, 0.5) is 0 Å². The van der Waals surface area contributed by atoms with E-state index >= 15 is 0 Å². The number of ether oxygens (including phenoxy) is 2. The van der Waals surface area contributed by atoms with Gasteiger partial charge in [0.05, 0.1) is 12.2 Å². The molecule has 2 fully saturated rings. The fourth-order valence-corrected chi connectivity index (χ4v) is 4.68. The Balaban J connectivity index is 1.45. The van der Waals surface area contributed by atoms with Gasteiger partial charge in [0.25, 0.3) is 0 Å². The maximum Gasteiger partial charge on any atom is 0.0945 e. The zero-order valence-corrected chi connectivity index (χ0v) is 16.2. The van der Waals surface area contributed by atoms with E-state index in [1.54, 1.807) is 0 Å². The van der Waals surface area contributed by atoms with Gasteiger partial charge in [-0.15, -0.1) is 0 Å². The minimum Gasteiger partial charge on any atom is -0.378 e. The summed E-state index contributed by atoms with van der Waals surface area (Å²) in [5.41, 5.74) is 3.80. The minimum absolute atomic E-state index is 0.0623. The third-order valence-corrected chi connectivity index (χ3v) is 6.12. The molecule has 2 saturated heterocycles. The summed E-state index contributed by atoms with van der Waals surface area (Å²) < 4.78 is 11.9. The van der Waals surface area contributed by atoms with Crippen molar-refractivity contribution in [3.63, 3.8) is 0 Å². The van der Waals surface area contributed by atoms with Gasteiger partial charge in [0.2, 0.25) is 0 Å². The van der Waals surface area contributed by atoms with Crippen LogP contribution in [0.1, 0.15) is 42.5 Å². The van der Waals surface area contributed by atoms with Crippen molar-refractivity contribution in [3.8, 4) is 0 Å². The number of aromatic nitrogens is 1. The molecule has 1 aromatic carbocycles. The Morgan fingerprint density at radius 3 is 2.85 bits per heavy atom. The summed E-state index contributed by atoms with van der Waals surface area (Å²) in [5.74, 6) is 0. The Morgan fingerprint density at radius 1 is 1.11 bits per heavy atom. The zero-order chi connectivity index (χ0) is 18.6. The summed E-state index contributed by atoms with van der Waals surface area (Å²) in [6, 6.07) is 15.0. The smallest absolute Gasteiger partial charge is 0.0945 e. The van der Waals surface area contributed by atoms with E-state index in [9.17, 15) is 0 Å². The summed E-state index contributed by atoms with van der Waals surface area (Å²) in [6.45, 7) is 6.34. The monoisotopic (exact) mass is 366 g/mol. The molecule has 144 valence electrons. The van der Waals surface area contributed by atoms with Crippen LogP contribution in [-0.2, 0) is 21.4 Å². The third kappa shape index (κ3) is 4.23. The van der Waals surface area contributed by atoms with E-state index in [0.29, 0.717) is 0 Å². The lowest BCUT2D eigenvalue weighted by molar-refractivity contribution is -0.109. The first-order chi connectivity index (χ1) is 13.2. The third-order valence-electron chi connectivity index (χ3n) is 6.12. The molecule has 1 spiro atoms. The Hall–Kier alpha value is -1.75. The molecule has 2 atom stereocenters. The Bertz CT molecular complexity index is 743. The van der Waals surface area contributed by atoms with E-state index in [2.05, 4.69) is 48.6 Å². The van der Waals surface area contributed by atoms with Gasteiger partial charge in [0, 0.05) is 43.5 Å². The normalized spacial score (nSPS) is 27.9. The van der Waals surface area contributed by atoms with Crippen LogP contribution in [0.2, 0.25) is 0 Å². The number of pyridine rings is 1. The average Bonchev–Trinajstić information content (AvgIpc) is 3.13. The fourth-order valence-electron chi connectivity index (χ4n) is 4.68. The molecule has 0 radical (unpaired) electrons. The van der Waals surface area contributed by atoms with Gasteiger partial charge >= 0.3 is 0 Å². The van der Waals surface area contributed by atoms with Gasteiger partial charge in [-0.05, 0) is 50.4 Å². The summed E-state index contributed by atoms with van der Waals surface area (Å²) in [4.78, 5) is 4.75. The first kappa shape index (κ1) is 18.6. The SMILES string of the molecule is Cc1cccc(CNCC[C@@]2(c3ccccn3)CCO[C@]3(CCOC3)C2)c1. The fraction of sp³-hybridized carbons (Fsp3) is 0.522. The molecule has 4 nitrogen and oxygen atoms in total. The number of benzene rings is 1. The highest BCUT2D eigenvalue weighted by Gasteiger charge is 2.49. The van der Waals surface area contributed by atoms with Gasteiger partial charge in [-0.3, -0.25) is 4.98 Å². The van der Waals surface area contributed by atoms with Crippen LogP contribution < -0.4 is 5.32 Å². The molecule has 27 heavy (non-hydrogen) atoms. The summed E-state index contributed by atoms with van der Waals surface area (Å²) in [7, 11) is 0. The molecule has 0 saturated carbocycles. The van der Waals surface area contributed by atoms with Gasteiger partial charge in [-0.2, -0.15) is 0 Å². The van der Waals surface area contributed by atoms with E-state index in [1.165, 1.54) is 16.8 Å². The Kier molecular flexibility index (Phi) is 5.58. The molecular formula is C23H30N2O2. The van der Waals surface area contributed by atoms with Gasteiger partial charge in [0.15, 0.2) is 0 Å². The lowest BCUT2D eigenvalue weighted by atomic mass is 9.68. The van der Waals surface area contributed by atoms with Gasteiger partial charge < -0.3 is 14.8 Å². The second-order valence-corrected chi connectivity index (χ2v) is 8.17. The minimum atomic E-state index is -0.119. The van der Waals surface area contributed by atoms with Crippen molar-refractivity contribution in [1.29, 1.82) is 0 Å². The standard InChI is InChI=1S/C23H30N2O2/c1-19-5-4-6-20(15-19)16-24-12-8-22(21-7-2-3-11-25-21)9-14-27-23(17-22)10-13-26-18-23/h2-7,11,15,24H,8-10,12-14,16-18H2,1H3/t22-,23-/m1/s1. The number of nitrogens with zero attached hydrogens (tertiary/aromatic N) is 1. The molecule has 2 aliphatic rings. The van der Waals surface area contributed by atoms with E-state index in [-0.39, 0.29) is 11.0 Å². The Morgan fingerprint density at radius 2 is 2.07 bits per heavy atom. The molecule has 2 aliphatic heterocycles. The Labute approximate surface area is 162 Å². The van der Waals surface area contributed by atoms with Crippen molar-refractivity contribution in [2.75, 3.05) is 26.4 Å². The van der Waals surface area contributed by atoms with Gasteiger partial charge in [-0.25, -0.2) is 0 Å². The quantitative estimate of drug-likeness (QED) is 0.790. The first-order valence-electron chi connectivity index (χ1n) is 10.1. The maximum atomic E-state index is 6.22. The average molecular weight is 367 g/mol. The van der Waals surface area contributed by atoms with Crippen molar-refractivity contribution in [1.82, 2.24) is 10.3 Å². The molecule has 4 rings (SSSR count). The van der Waals surface area contributed by atoms with Crippen LogP contribution in [-0.4, -0.2) is 37.0 Å². The molecular weight excluding hydrogens is 336 g/mol. The highest BCUT2D eigenvalue weighted by Crippen LogP contribution is 2.46. The second-order valence-electron chi connectivity index (χ2n) is 8.17. The van der Waals surface area contributed by atoms with E-state index in [0.717, 1.165) is 58.6 Å². The molecule has 0 unspecified atom stereocenters. The predicted molar refractivity (Wildman–Crippen MR) is 107 cm³/mol. The molecule has 0 aliphatic carbocycles. The highest BCUT2D eigenvalue weighted by atomic mass is 16.6. The first-order valence-corrected chi connectivity index (χ1v) is 10.1. The van der Waals surface area contributed by atoms with Gasteiger partial charge in [0.1, 0.15) is 0 Å². The zero-order valence-electron chi connectivity index (χ0n) is 16.2. The van der Waals surface area contributed by atoms with Crippen molar-refractivity contribution < 1.29 is 9.47 Å². The molecule has 0 amide bonds. The summed E-state index contributed by atoms with van der Waals surface area (Å²) in [6.07, 6.45) is 6.02. The molecule has 3 heterocycles. The van der Waals surface area contributed by atoms with Crippen LogP contribution >= 0.6 is 0 Å². The van der Waals surface area contributed by atoms with E-state index in [1.807, 2.05) is 12.3 Å². The number of aryl methyl sites for hydroxylation is 1. The van der Waals surface area contributed by atoms with E-state index in [4.69, 9.17) is 14.5 Å². The van der Waals surface area contributed by atoms with Crippen LogP contribution in [0.15, 0.2) is 48.7 Å². The lowest BCUT2D eigenvalue weighted by Gasteiger charge is -2.45. The molecule has 1 aromatic heterocycles. The summed E-state index contributed by atoms with van der Waals surface area (Å²) >= 11 is 0. The summed E-state index contributed by atoms with van der Waals surface area (Å²) in [5, 5.41) is 3.65. The number of rotatable bonds is 6. The lowest BCUT2D eigenvalue weighted by Crippen LogP contribution is -2.49. The van der Waals surface area contributed by atoms with Crippen molar-refractivity contribution in [3.05, 3.63) is 65.5 Å². The van der Waals surface area contributed by atoms with Crippen LogP contribution in [0.25, 0.3) is 0 Å². The van der Waals surface area contributed by atoms with Crippen LogP contribution in [0.5, 0.6) is 0 Å². The van der Waals surface area contributed by atoms with Crippen molar-refractivity contribution >= 4 is 0 Å². The highest BCUT2D eigenvalue weighted by molar-refractivity contribution is 5.23. The maximum absolute atomic E-state index is 6.22. The van der Waals surface area contributed by atoms with Gasteiger partial charge in [-0.1, -0.05) is 35.9 Å². The van der Waals surface area contributed by atoms with Crippen LogP contribution in [0, 0.1) is 6.92 Å². The largest absolute Gasteiger partial charge is 0.378 e. The number of nitrogens with one attached hydrogen (secondary N) is 1. The second kappa shape index (κ2) is 8.09. The van der Waals surface area contributed by atoms with Crippen molar-refractivity contribution in [2.24, 2.45) is 0 Å². The topological polar surface area (TPSA) is 43.4 Å². The molecule has 1 N–H and O–H groups in total.